The second-order valence-electron chi connectivity index (χ2n) is 10.9. The Bertz CT molecular complexity index is 1450. The number of nitrogens with one attached hydrogen (secondary N) is 1. The zero-order valence-corrected chi connectivity index (χ0v) is 24.1. The van der Waals surface area contributed by atoms with E-state index in [2.05, 4.69) is 51.9 Å². The number of benzene rings is 1. The summed E-state index contributed by atoms with van der Waals surface area (Å²) in [7, 11) is 2.08. The smallest absolute Gasteiger partial charge is 0.247 e. The van der Waals surface area contributed by atoms with Gasteiger partial charge >= 0.3 is 0 Å². The first-order valence-corrected chi connectivity index (χ1v) is 14.1. The summed E-state index contributed by atoms with van der Waals surface area (Å²) in [5.41, 5.74) is 3.31. The van der Waals surface area contributed by atoms with Crippen LogP contribution in [0.4, 0.5) is 11.6 Å². The molecule has 0 bridgehead atoms. The highest BCUT2D eigenvalue weighted by atomic mass is 16.2. The molecule has 1 aromatic carbocycles. The first-order valence-electron chi connectivity index (χ1n) is 14.1. The van der Waals surface area contributed by atoms with Crippen LogP contribution < -0.4 is 5.32 Å². The Hall–Kier alpha value is -4.43. The van der Waals surface area contributed by atoms with Crippen molar-refractivity contribution in [2.75, 3.05) is 51.6 Å². The molecule has 0 atom stereocenters. The first-order chi connectivity index (χ1) is 19.8. The van der Waals surface area contributed by atoms with Crippen molar-refractivity contribution < 1.29 is 4.79 Å². The third-order valence-corrected chi connectivity index (χ3v) is 7.89. The second-order valence-corrected chi connectivity index (χ2v) is 10.9. The Morgan fingerprint density at radius 2 is 1.88 bits per heavy atom. The number of piperazine rings is 1. The minimum absolute atomic E-state index is 0.164. The van der Waals surface area contributed by atoms with E-state index < -0.39 is 0 Å². The van der Waals surface area contributed by atoms with Gasteiger partial charge in [-0.25, -0.2) is 4.68 Å². The van der Waals surface area contributed by atoms with Gasteiger partial charge in [0.1, 0.15) is 5.54 Å². The largest absolute Gasteiger partial charge is 0.364 e. The SMILES string of the molecule is C=C(c1nc(Nc2ccc(CC(=O)N3CCN(C)CC3)cc2)nn1/C=C\C)N1CC(CC#N)(n2cc(CC)cn2)C1. The molecular weight excluding hydrogens is 516 g/mol. The minimum atomic E-state index is -0.384. The van der Waals surface area contributed by atoms with Crippen molar-refractivity contribution in [1.82, 2.24) is 39.2 Å². The van der Waals surface area contributed by atoms with Crippen LogP contribution in [0.15, 0.2) is 49.3 Å². The van der Waals surface area contributed by atoms with Crippen molar-refractivity contribution >= 4 is 29.4 Å². The van der Waals surface area contributed by atoms with Crippen molar-refractivity contribution in [2.45, 2.75) is 38.6 Å². The van der Waals surface area contributed by atoms with Crippen molar-refractivity contribution in [3.63, 3.8) is 0 Å². The van der Waals surface area contributed by atoms with E-state index in [9.17, 15) is 10.1 Å². The molecule has 214 valence electrons. The highest BCUT2D eigenvalue weighted by molar-refractivity contribution is 5.79. The predicted molar refractivity (Wildman–Crippen MR) is 159 cm³/mol. The number of anilines is 2. The van der Waals surface area contributed by atoms with Crippen LogP contribution >= 0.6 is 0 Å². The number of hydrogen-bond donors (Lipinski definition) is 1. The predicted octanol–water partition coefficient (Wildman–Crippen LogP) is 3.18. The zero-order valence-electron chi connectivity index (χ0n) is 24.1. The van der Waals surface area contributed by atoms with Gasteiger partial charge in [-0.1, -0.05) is 31.7 Å². The fourth-order valence-electron chi connectivity index (χ4n) is 5.28. The van der Waals surface area contributed by atoms with Gasteiger partial charge in [-0.2, -0.15) is 15.3 Å². The number of rotatable bonds is 10. The van der Waals surface area contributed by atoms with Crippen molar-refractivity contribution in [3.8, 4) is 6.07 Å². The molecule has 2 fully saturated rings. The molecule has 4 heterocycles. The van der Waals surface area contributed by atoms with Crippen LogP contribution in [0.25, 0.3) is 11.9 Å². The van der Waals surface area contributed by atoms with E-state index in [-0.39, 0.29) is 11.4 Å². The fraction of sp³-hybridized carbons (Fsp3) is 0.433. The van der Waals surface area contributed by atoms with E-state index in [0.717, 1.165) is 55.1 Å². The maximum absolute atomic E-state index is 12.7. The van der Waals surface area contributed by atoms with E-state index in [4.69, 9.17) is 4.98 Å². The summed E-state index contributed by atoms with van der Waals surface area (Å²) in [6.45, 7) is 13.0. The van der Waals surface area contributed by atoms with Crippen LogP contribution in [0, 0.1) is 11.3 Å². The van der Waals surface area contributed by atoms with Crippen molar-refractivity contribution in [1.29, 1.82) is 5.26 Å². The number of aromatic nitrogens is 5. The fourth-order valence-corrected chi connectivity index (χ4v) is 5.28. The molecule has 2 aromatic heterocycles. The summed E-state index contributed by atoms with van der Waals surface area (Å²) < 4.78 is 3.64. The Labute approximate surface area is 241 Å². The maximum Gasteiger partial charge on any atom is 0.247 e. The monoisotopic (exact) mass is 554 g/mol. The molecule has 2 aliphatic rings. The number of carbonyl (C=O) groups is 1. The lowest BCUT2D eigenvalue weighted by atomic mass is 9.86. The third-order valence-electron chi connectivity index (χ3n) is 7.89. The van der Waals surface area contributed by atoms with Crippen LogP contribution in [0.5, 0.6) is 0 Å². The van der Waals surface area contributed by atoms with E-state index in [1.165, 1.54) is 0 Å². The number of allylic oxidation sites excluding steroid dienone is 1. The summed E-state index contributed by atoms with van der Waals surface area (Å²) in [6, 6.07) is 10.2. The first kappa shape index (κ1) is 28.1. The molecule has 5 rings (SSSR count). The Morgan fingerprint density at radius 3 is 2.51 bits per heavy atom. The van der Waals surface area contributed by atoms with Gasteiger partial charge in [0.15, 0.2) is 5.82 Å². The van der Waals surface area contributed by atoms with E-state index in [0.29, 0.717) is 37.7 Å². The Balaban J connectivity index is 1.24. The highest BCUT2D eigenvalue weighted by Crippen LogP contribution is 2.37. The summed E-state index contributed by atoms with van der Waals surface area (Å²) in [5, 5.41) is 22.0. The topological polar surface area (TPSA) is 111 Å². The lowest BCUT2D eigenvalue weighted by Crippen LogP contribution is -2.61. The third kappa shape index (κ3) is 6.02. The molecule has 11 nitrogen and oxygen atoms in total. The molecule has 41 heavy (non-hydrogen) atoms. The van der Waals surface area contributed by atoms with Gasteiger partial charge in [-0.15, -0.1) is 5.10 Å². The lowest BCUT2D eigenvalue weighted by Gasteiger charge is -2.50. The average Bonchev–Trinajstić information content (AvgIpc) is 3.59. The van der Waals surface area contributed by atoms with Crippen LogP contribution in [-0.4, -0.2) is 91.5 Å². The van der Waals surface area contributed by atoms with Crippen LogP contribution in [-0.2, 0) is 23.2 Å². The molecule has 2 aliphatic heterocycles. The highest BCUT2D eigenvalue weighted by Gasteiger charge is 2.46. The Morgan fingerprint density at radius 1 is 1.15 bits per heavy atom. The number of likely N-dealkylation sites (tertiary alicyclic amines) is 1. The van der Waals surface area contributed by atoms with Crippen LogP contribution in [0.1, 0.15) is 37.2 Å². The van der Waals surface area contributed by atoms with Gasteiger partial charge in [0.05, 0.1) is 30.8 Å². The number of carbonyl (C=O) groups excluding carboxylic acids is 1. The normalized spacial score (nSPS) is 16.9. The molecule has 2 saturated heterocycles. The summed E-state index contributed by atoms with van der Waals surface area (Å²) in [6.07, 6.45) is 9.31. The van der Waals surface area contributed by atoms with Crippen LogP contribution in [0.3, 0.4) is 0 Å². The van der Waals surface area contributed by atoms with Gasteiger partial charge < -0.3 is 20.0 Å². The molecule has 0 unspecified atom stereocenters. The number of likely N-dealkylation sites (N-methyl/N-ethyl adjacent to an activating group) is 1. The molecule has 1 N–H and O–H groups in total. The molecule has 0 aliphatic carbocycles. The lowest BCUT2D eigenvalue weighted by molar-refractivity contribution is -0.132. The summed E-state index contributed by atoms with van der Waals surface area (Å²) in [4.78, 5) is 23.7. The Kier molecular flexibility index (Phi) is 8.21. The molecule has 3 aromatic rings. The zero-order chi connectivity index (χ0) is 29.0. The van der Waals surface area contributed by atoms with Gasteiger partial charge in [0, 0.05) is 57.4 Å². The van der Waals surface area contributed by atoms with Crippen LogP contribution in [0.2, 0.25) is 0 Å². The van der Waals surface area contributed by atoms with Crippen molar-refractivity contribution in [2.24, 2.45) is 0 Å². The van der Waals surface area contributed by atoms with Gasteiger partial charge in [0.2, 0.25) is 11.9 Å². The number of aryl methyl sites for hydroxylation is 1. The van der Waals surface area contributed by atoms with Gasteiger partial charge in [0.25, 0.3) is 0 Å². The molecule has 0 saturated carbocycles. The quantitative estimate of drug-likeness (QED) is 0.407. The number of amides is 1. The van der Waals surface area contributed by atoms with E-state index >= 15 is 0 Å². The minimum Gasteiger partial charge on any atom is -0.364 e. The number of nitriles is 1. The molecule has 0 radical (unpaired) electrons. The molecule has 1 amide bonds. The number of hydrogen-bond acceptors (Lipinski definition) is 8. The number of nitrogens with zero attached hydrogens (tertiary/aromatic N) is 9. The maximum atomic E-state index is 12.7. The second kappa shape index (κ2) is 12.0. The van der Waals surface area contributed by atoms with E-state index in [1.54, 1.807) is 4.68 Å². The summed E-state index contributed by atoms with van der Waals surface area (Å²) in [5.74, 6) is 1.24. The van der Waals surface area contributed by atoms with Gasteiger partial charge in [-0.3, -0.25) is 9.48 Å². The van der Waals surface area contributed by atoms with Crippen molar-refractivity contribution in [3.05, 3.63) is 66.3 Å². The molecular formula is C30H38N10O. The summed E-state index contributed by atoms with van der Waals surface area (Å²) >= 11 is 0. The standard InChI is InChI=1S/C30H38N10O/c1-5-13-39-28(23(3)38-21-30(22-38,11-12-31)40-20-24(6-2)19-32-40)34-29(35-39)33-26-9-7-25(8-10-26)18-27(41)37-16-14-36(4)15-17-37/h5,7-10,13,19-20H,3,6,11,14-18,21-22H2,1-2,4H3,(H,33,35)/b13-5-. The van der Waals surface area contributed by atoms with E-state index in [1.807, 2.05) is 65.4 Å². The molecule has 0 spiro atoms. The molecule has 11 heteroatoms. The average molecular weight is 555 g/mol. The van der Waals surface area contributed by atoms with Gasteiger partial charge in [-0.05, 0) is 43.7 Å².